The van der Waals surface area contributed by atoms with Crippen LogP contribution < -0.4 is 0 Å². The first-order valence-corrected chi connectivity index (χ1v) is 11.7. The Kier molecular flexibility index (Phi) is 5.16. The second-order valence-electron chi connectivity index (χ2n) is 7.40. The van der Waals surface area contributed by atoms with Crippen molar-refractivity contribution in [3.63, 3.8) is 0 Å². The fourth-order valence-corrected chi connectivity index (χ4v) is 6.42. The van der Waals surface area contributed by atoms with Crippen LogP contribution in [-0.2, 0) is 11.3 Å². The molecule has 0 N–H and O–H groups in total. The molecule has 1 atom stereocenters. The lowest BCUT2D eigenvalue weighted by Gasteiger charge is -2.33. The molecule has 4 aromatic rings. The Morgan fingerprint density at radius 3 is 2.77 bits per heavy atom. The van der Waals surface area contributed by atoms with E-state index in [-0.39, 0.29) is 11.8 Å². The predicted octanol–water partition coefficient (Wildman–Crippen LogP) is 6.23. The highest BCUT2D eigenvalue weighted by molar-refractivity contribution is 14.1. The zero-order valence-electron chi connectivity index (χ0n) is 16.2. The maximum atomic E-state index is 12.5. The highest BCUT2D eigenvalue weighted by Crippen LogP contribution is 2.42. The van der Waals surface area contributed by atoms with Gasteiger partial charge in [0.2, 0.25) is 5.91 Å². The van der Waals surface area contributed by atoms with Gasteiger partial charge in [0.1, 0.15) is 0 Å². The summed E-state index contributed by atoms with van der Waals surface area (Å²) in [5.41, 5.74) is 4.86. The van der Waals surface area contributed by atoms with Crippen molar-refractivity contribution < 1.29 is 4.79 Å². The lowest BCUT2D eigenvalue weighted by molar-refractivity contribution is -0.127. The molecule has 3 heterocycles. The van der Waals surface area contributed by atoms with Gasteiger partial charge in [0.15, 0.2) is 0 Å². The molecule has 1 aliphatic rings. The predicted molar refractivity (Wildman–Crippen MR) is 132 cm³/mol. The SMILES string of the molecule is C=CC(=O)N1Cc2sc(I)cc2[C@H](c2ccccc2-c2cncc3ccccc23)C1. The fraction of sp³-hybridized carbons (Fsp3) is 0.120. The van der Waals surface area contributed by atoms with E-state index in [1.807, 2.05) is 23.4 Å². The van der Waals surface area contributed by atoms with Gasteiger partial charge in [0, 0.05) is 40.7 Å². The molecule has 2 aromatic carbocycles. The van der Waals surface area contributed by atoms with E-state index < -0.39 is 0 Å². The van der Waals surface area contributed by atoms with E-state index in [0.29, 0.717) is 13.1 Å². The molecule has 0 bridgehead atoms. The highest BCUT2D eigenvalue weighted by Gasteiger charge is 2.31. The minimum absolute atomic E-state index is 0.0154. The topological polar surface area (TPSA) is 33.2 Å². The quantitative estimate of drug-likeness (QED) is 0.236. The average Bonchev–Trinajstić information content (AvgIpc) is 3.17. The molecule has 5 rings (SSSR count). The third kappa shape index (κ3) is 3.36. The molecule has 1 aliphatic heterocycles. The van der Waals surface area contributed by atoms with Crippen molar-refractivity contribution in [2.45, 2.75) is 12.5 Å². The summed E-state index contributed by atoms with van der Waals surface area (Å²) in [5, 5.41) is 2.32. The molecule has 2 aromatic heterocycles. The number of rotatable bonds is 3. The van der Waals surface area contributed by atoms with Crippen molar-refractivity contribution in [2.75, 3.05) is 6.54 Å². The van der Waals surface area contributed by atoms with E-state index in [2.05, 4.69) is 82.7 Å². The van der Waals surface area contributed by atoms with E-state index >= 15 is 0 Å². The van der Waals surface area contributed by atoms with Crippen LogP contribution in [0.5, 0.6) is 0 Å². The summed E-state index contributed by atoms with van der Waals surface area (Å²) in [4.78, 5) is 20.2. The van der Waals surface area contributed by atoms with E-state index in [4.69, 9.17) is 0 Å². The summed E-state index contributed by atoms with van der Waals surface area (Å²) in [6.45, 7) is 5.00. The Labute approximate surface area is 193 Å². The van der Waals surface area contributed by atoms with Gasteiger partial charge in [-0.05, 0) is 56.8 Å². The van der Waals surface area contributed by atoms with Gasteiger partial charge in [-0.3, -0.25) is 9.78 Å². The third-order valence-corrected chi connectivity index (χ3v) is 7.60. The summed E-state index contributed by atoms with van der Waals surface area (Å²) < 4.78 is 1.25. The number of thiophene rings is 1. The van der Waals surface area contributed by atoms with Crippen LogP contribution in [0.15, 0.2) is 79.6 Å². The number of hydrogen-bond acceptors (Lipinski definition) is 3. The summed E-state index contributed by atoms with van der Waals surface area (Å²) in [5.74, 6) is 0.103. The van der Waals surface area contributed by atoms with E-state index in [9.17, 15) is 4.79 Å². The molecule has 5 heteroatoms. The monoisotopic (exact) mass is 522 g/mol. The van der Waals surface area contributed by atoms with Crippen LogP contribution >= 0.6 is 33.9 Å². The number of hydrogen-bond donors (Lipinski definition) is 0. The Morgan fingerprint density at radius 1 is 1.10 bits per heavy atom. The smallest absolute Gasteiger partial charge is 0.246 e. The van der Waals surface area contributed by atoms with Crippen molar-refractivity contribution in [1.82, 2.24) is 9.88 Å². The number of nitrogens with zero attached hydrogens (tertiary/aromatic N) is 2. The van der Waals surface area contributed by atoms with Gasteiger partial charge in [-0.2, -0.15) is 0 Å². The van der Waals surface area contributed by atoms with Crippen LogP contribution in [0.1, 0.15) is 21.9 Å². The molecule has 3 nitrogen and oxygen atoms in total. The molecule has 1 amide bonds. The van der Waals surface area contributed by atoms with E-state index in [0.717, 1.165) is 10.9 Å². The van der Waals surface area contributed by atoms with Gasteiger partial charge in [-0.1, -0.05) is 55.1 Å². The number of carbonyl (C=O) groups excluding carboxylic acids is 1. The summed E-state index contributed by atoms with van der Waals surface area (Å²) in [6, 6.07) is 19.2. The number of amides is 1. The van der Waals surface area contributed by atoms with Crippen LogP contribution in [0.2, 0.25) is 0 Å². The van der Waals surface area contributed by atoms with Gasteiger partial charge in [-0.15, -0.1) is 11.3 Å². The van der Waals surface area contributed by atoms with Crippen LogP contribution in [-0.4, -0.2) is 22.3 Å². The van der Waals surface area contributed by atoms with Crippen molar-refractivity contribution >= 4 is 50.6 Å². The number of fused-ring (bicyclic) bond motifs is 2. The van der Waals surface area contributed by atoms with E-state index in [1.54, 1.807) is 11.3 Å². The Hall–Kier alpha value is -2.51. The minimum Gasteiger partial charge on any atom is -0.333 e. The molecule has 0 radical (unpaired) electrons. The van der Waals surface area contributed by atoms with Gasteiger partial charge in [-0.25, -0.2) is 0 Å². The van der Waals surface area contributed by atoms with Crippen molar-refractivity contribution in [2.24, 2.45) is 0 Å². The maximum absolute atomic E-state index is 12.5. The maximum Gasteiger partial charge on any atom is 0.246 e. The molecule has 30 heavy (non-hydrogen) atoms. The summed E-state index contributed by atoms with van der Waals surface area (Å²) in [6.07, 6.45) is 5.28. The fourth-order valence-electron chi connectivity index (χ4n) is 4.32. The van der Waals surface area contributed by atoms with Crippen molar-refractivity contribution in [1.29, 1.82) is 0 Å². The Bertz CT molecular complexity index is 1270. The molecular formula is C25H19IN2OS. The first-order chi connectivity index (χ1) is 14.7. The second-order valence-corrected chi connectivity index (χ2v) is 10.4. The van der Waals surface area contributed by atoms with E-state index in [1.165, 1.54) is 35.9 Å². The Morgan fingerprint density at radius 2 is 1.90 bits per heavy atom. The van der Waals surface area contributed by atoms with Gasteiger partial charge >= 0.3 is 0 Å². The highest BCUT2D eigenvalue weighted by atomic mass is 127. The molecular weight excluding hydrogens is 503 g/mol. The molecule has 0 saturated heterocycles. The first-order valence-electron chi connectivity index (χ1n) is 9.77. The van der Waals surface area contributed by atoms with Gasteiger partial charge in [0.25, 0.3) is 0 Å². The minimum atomic E-state index is -0.0154. The summed E-state index contributed by atoms with van der Waals surface area (Å²) in [7, 11) is 0. The number of halogens is 1. The van der Waals surface area contributed by atoms with Crippen LogP contribution in [0.3, 0.4) is 0 Å². The van der Waals surface area contributed by atoms with Crippen LogP contribution in [0.25, 0.3) is 21.9 Å². The lowest BCUT2D eigenvalue weighted by Crippen LogP contribution is -2.37. The van der Waals surface area contributed by atoms with Gasteiger partial charge < -0.3 is 4.90 Å². The Balaban J connectivity index is 1.70. The number of carbonyl (C=O) groups is 1. The number of benzene rings is 2. The standard InChI is InChI=1S/C25H19IN2OS/c1-2-25(29)28-14-22(20-11-24(26)30-23(20)15-28)19-10-6-5-9-18(19)21-13-27-12-16-7-3-4-8-17(16)21/h2-13,22H,1,14-15H2/t22-/m0/s1. The zero-order chi connectivity index (χ0) is 20.7. The van der Waals surface area contributed by atoms with Crippen LogP contribution in [0.4, 0.5) is 0 Å². The first kappa shape index (κ1) is 19.5. The van der Waals surface area contributed by atoms with Crippen molar-refractivity contribution in [3.05, 3.63) is 98.5 Å². The lowest BCUT2D eigenvalue weighted by atomic mass is 9.83. The molecule has 0 aliphatic carbocycles. The largest absolute Gasteiger partial charge is 0.333 e. The average molecular weight is 522 g/mol. The zero-order valence-corrected chi connectivity index (χ0v) is 19.2. The van der Waals surface area contributed by atoms with Gasteiger partial charge in [0.05, 0.1) is 9.43 Å². The normalized spacial score (nSPS) is 15.8. The van der Waals surface area contributed by atoms with Crippen molar-refractivity contribution in [3.8, 4) is 11.1 Å². The molecule has 0 unspecified atom stereocenters. The summed E-state index contributed by atoms with van der Waals surface area (Å²) >= 11 is 4.15. The molecule has 0 saturated carbocycles. The number of pyridine rings is 1. The molecule has 0 spiro atoms. The number of aromatic nitrogens is 1. The molecule has 148 valence electrons. The third-order valence-electron chi connectivity index (χ3n) is 5.71. The molecule has 0 fully saturated rings. The second kappa shape index (κ2) is 7.96. The van der Waals surface area contributed by atoms with Crippen LogP contribution in [0, 0.1) is 2.88 Å².